The Hall–Kier alpha value is -2.91. The molecular weight excluding hydrogens is 432 g/mol. The molecule has 0 unspecified atom stereocenters. The number of hydrogen-bond donors (Lipinski definition) is 1. The number of nitrogens with one attached hydrogen (secondary N) is 1. The third kappa shape index (κ3) is 3.79. The Bertz CT molecular complexity index is 1410. The second kappa shape index (κ2) is 8.32. The van der Waals surface area contributed by atoms with Crippen molar-refractivity contribution in [1.82, 2.24) is 14.5 Å². The fraction of sp³-hybridized carbons (Fsp3) is 0.273. The van der Waals surface area contributed by atoms with Crippen molar-refractivity contribution in [3.8, 4) is 11.5 Å². The van der Waals surface area contributed by atoms with Crippen LogP contribution in [-0.4, -0.2) is 35.7 Å². The highest BCUT2D eigenvalue weighted by Crippen LogP contribution is 2.32. The Morgan fingerprint density at radius 2 is 1.84 bits per heavy atom. The summed E-state index contributed by atoms with van der Waals surface area (Å²) in [6.07, 6.45) is 5.88. The lowest BCUT2D eigenvalue weighted by atomic mass is 10.2. The summed E-state index contributed by atoms with van der Waals surface area (Å²) in [6.45, 7) is 2.07. The van der Waals surface area contributed by atoms with Crippen molar-refractivity contribution in [2.24, 2.45) is 14.1 Å². The van der Waals surface area contributed by atoms with Gasteiger partial charge in [-0.2, -0.15) is 0 Å². The van der Waals surface area contributed by atoms with Crippen LogP contribution in [0.15, 0.2) is 39.1 Å². The molecular formula is C22H25N4O3S2+. The van der Waals surface area contributed by atoms with Crippen LogP contribution in [0, 0.1) is 0 Å². The molecule has 2 aromatic heterocycles. The molecule has 1 aliphatic rings. The van der Waals surface area contributed by atoms with E-state index in [9.17, 15) is 4.79 Å². The third-order valence-electron chi connectivity index (χ3n) is 5.40. The van der Waals surface area contributed by atoms with Gasteiger partial charge in [0.25, 0.3) is 11.4 Å². The molecule has 9 heteroatoms. The zero-order valence-electron chi connectivity index (χ0n) is 18.3. The quantitative estimate of drug-likeness (QED) is 0.605. The van der Waals surface area contributed by atoms with Crippen molar-refractivity contribution in [2.45, 2.75) is 6.92 Å². The maximum absolute atomic E-state index is 12.8. The number of methoxy groups -OCH3 is 2. The van der Waals surface area contributed by atoms with Crippen LogP contribution in [0.1, 0.15) is 12.7 Å². The van der Waals surface area contributed by atoms with Crippen LogP contribution in [0.2, 0.25) is 0 Å². The lowest BCUT2D eigenvalue weighted by molar-refractivity contribution is -0.646. The van der Waals surface area contributed by atoms with Crippen molar-refractivity contribution in [1.29, 1.82) is 0 Å². The standard InChI is InChI=1S/C22H24N4O3S2/c1-13-12-30-20(24(13)2)8-7-18-22(27)26(4)21(31-18)11-19-23-14-9-16(28-5)17(29-6)10-15(14)25(19)3/h7-12H,1-6H3/p+1/b18-7+,20-8-,21-11?. The molecule has 0 amide bonds. The van der Waals surface area contributed by atoms with Gasteiger partial charge in [0.05, 0.1) is 36.9 Å². The number of thioether (sulfide) groups is 1. The van der Waals surface area contributed by atoms with Gasteiger partial charge in [0.1, 0.15) is 4.66 Å². The van der Waals surface area contributed by atoms with E-state index in [1.54, 1.807) is 37.6 Å². The number of nitrogens with zero attached hydrogens (tertiary/aromatic N) is 3. The predicted molar refractivity (Wildman–Crippen MR) is 127 cm³/mol. The second-order valence-electron chi connectivity index (χ2n) is 7.21. The van der Waals surface area contributed by atoms with Crippen molar-refractivity contribution in [2.75, 3.05) is 21.3 Å². The highest BCUT2D eigenvalue weighted by molar-refractivity contribution is 8.06. The minimum Gasteiger partial charge on any atom is -0.493 e. The number of ether oxygens (including phenoxy) is 2. The topological polar surface area (TPSA) is 63.4 Å². The van der Waals surface area contributed by atoms with E-state index < -0.39 is 0 Å². The Morgan fingerprint density at radius 3 is 2.48 bits per heavy atom. The van der Waals surface area contributed by atoms with E-state index in [2.05, 4.69) is 22.2 Å². The molecule has 0 bridgehead atoms. The highest BCUT2D eigenvalue weighted by Gasteiger charge is 2.18. The summed E-state index contributed by atoms with van der Waals surface area (Å²) in [4.78, 5) is 18.3. The maximum atomic E-state index is 12.8. The number of H-pyrrole nitrogens is 1. The summed E-state index contributed by atoms with van der Waals surface area (Å²) in [5.41, 5.74) is 3.09. The van der Waals surface area contributed by atoms with Gasteiger partial charge in [0.15, 0.2) is 22.5 Å². The van der Waals surface area contributed by atoms with Gasteiger partial charge in [0, 0.05) is 31.9 Å². The normalized spacial score (nSPS) is 16.6. The Labute approximate surface area is 188 Å². The highest BCUT2D eigenvalue weighted by atomic mass is 32.2. The predicted octanol–water partition coefficient (Wildman–Crippen LogP) is 1.76. The van der Waals surface area contributed by atoms with Crippen LogP contribution in [-0.2, 0) is 14.1 Å². The number of allylic oxidation sites excluding steroid dienone is 2. The van der Waals surface area contributed by atoms with Crippen LogP contribution in [0.4, 0.5) is 0 Å². The van der Waals surface area contributed by atoms with E-state index in [1.807, 2.05) is 49.0 Å². The van der Waals surface area contributed by atoms with Gasteiger partial charge >= 0.3 is 0 Å². The molecule has 4 rings (SSSR count). The summed E-state index contributed by atoms with van der Waals surface area (Å²) in [6, 6.07) is 3.85. The first-order valence-corrected chi connectivity index (χ1v) is 11.3. The molecule has 31 heavy (non-hydrogen) atoms. The van der Waals surface area contributed by atoms with Crippen LogP contribution in [0.3, 0.4) is 0 Å². The first-order chi connectivity index (χ1) is 14.8. The number of fused-ring (bicyclic) bond motifs is 1. The lowest BCUT2D eigenvalue weighted by Gasteiger charge is -2.13. The molecule has 7 nitrogen and oxygen atoms in total. The molecule has 0 spiro atoms. The van der Waals surface area contributed by atoms with Crippen LogP contribution < -0.4 is 28.8 Å². The van der Waals surface area contributed by atoms with E-state index in [4.69, 9.17) is 9.47 Å². The van der Waals surface area contributed by atoms with Gasteiger partial charge in [-0.25, -0.2) is 9.55 Å². The molecule has 0 saturated heterocycles. The first-order valence-electron chi connectivity index (χ1n) is 9.64. The average Bonchev–Trinajstić information content (AvgIpc) is 3.35. The zero-order valence-corrected chi connectivity index (χ0v) is 20.0. The number of aromatic nitrogens is 3. The zero-order chi connectivity index (χ0) is 22.3. The fourth-order valence-electron chi connectivity index (χ4n) is 3.34. The SMILES string of the molecule is COc1cc2[nH]c(C=c3s/c(=C/C=C4\SC=C(C)N4C)c(=O)n3C)[n+](C)c2cc1OC. The number of rotatable bonds is 4. The number of benzene rings is 1. The molecule has 1 aliphatic heterocycles. The molecule has 3 aromatic rings. The lowest BCUT2D eigenvalue weighted by Crippen LogP contribution is -2.32. The average molecular weight is 458 g/mol. The number of imidazole rings is 1. The van der Waals surface area contributed by atoms with Gasteiger partial charge in [0.2, 0.25) is 0 Å². The van der Waals surface area contributed by atoms with E-state index in [1.165, 1.54) is 17.0 Å². The van der Waals surface area contributed by atoms with Gasteiger partial charge in [-0.1, -0.05) is 11.8 Å². The molecule has 3 heterocycles. The van der Waals surface area contributed by atoms with Gasteiger partial charge in [-0.3, -0.25) is 4.79 Å². The third-order valence-corrected chi connectivity index (χ3v) is 7.64. The summed E-state index contributed by atoms with van der Waals surface area (Å²) >= 11 is 3.13. The number of aryl methyl sites for hydroxylation is 1. The largest absolute Gasteiger partial charge is 0.493 e. The summed E-state index contributed by atoms with van der Waals surface area (Å²) in [5, 5.41) is 3.20. The van der Waals surface area contributed by atoms with E-state index >= 15 is 0 Å². The van der Waals surface area contributed by atoms with Gasteiger partial charge < -0.3 is 18.9 Å². The van der Waals surface area contributed by atoms with Gasteiger partial charge in [-0.05, 0) is 24.5 Å². The molecule has 0 fully saturated rings. The Kier molecular flexibility index (Phi) is 5.72. The Morgan fingerprint density at radius 1 is 1.13 bits per heavy atom. The van der Waals surface area contributed by atoms with E-state index in [0.717, 1.165) is 26.5 Å². The minimum absolute atomic E-state index is 0.00877. The molecule has 0 aliphatic carbocycles. The van der Waals surface area contributed by atoms with E-state index in [0.29, 0.717) is 16.0 Å². The van der Waals surface area contributed by atoms with Crippen molar-refractivity contribution in [3.63, 3.8) is 0 Å². The molecule has 0 atom stereocenters. The van der Waals surface area contributed by atoms with Crippen molar-refractivity contribution < 1.29 is 14.0 Å². The summed E-state index contributed by atoms with van der Waals surface area (Å²) in [5.74, 6) is 2.21. The number of thiazole rings is 1. The number of hydrogen-bond acceptors (Lipinski definition) is 6. The summed E-state index contributed by atoms with van der Waals surface area (Å²) in [7, 11) is 9.04. The molecule has 1 N–H and O–H groups in total. The van der Waals surface area contributed by atoms with Crippen molar-refractivity contribution >= 4 is 46.3 Å². The van der Waals surface area contributed by atoms with Crippen molar-refractivity contribution in [3.05, 3.63) is 59.7 Å². The smallest absolute Gasteiger partial charge is 0.282 e. The maximum Gasteiger partial charge on any atom is 0.282 e. The summed E-state index contributed by atoms with van der Waals surface area (Å²) < 4.78 is 16.1. The van der Waals surface area contributed by atoms with Crippen LogP contribution >= 0.6 is 23.1 Å². The molecule has 0 saturated carbocycles. The first kappa shape index (κ1) is 21.3. The van der Waals surface area contributed by atoms with Gasteiger partial charge in [-0.15, -0.1) is 11.3 Å². The Balaban J connectivity index is 1.80. The number of aromatic amines is 1. The molecule has 162 valence electrons. The second-order valence-corrected chi connectivity index (χ2v) is 9.17. The molecule has 0 radical (unpaired) electrons. The van der Waals surface area contributed by atoms with E-state index in [-0.39, 0.29) is 5.56 Å². The van der Waals surface area contributed by atoms with Crippen LogP contribution in [0.5, 0.6) is 11.5 Å². The minimum atomic E-state index is -0.00877. The monoisotopic (exact) mass is 457 g/mol. The fourth-order valence-corrected chi connectivity index (χ4v) is 5.22. The van der Waals surface area contributed by atoms with Crippen LogP contribution in [0.25, 0.3) is 23.2 Å². The molecule has 1 aromatic carbocycles.